The van der Waals surface area contributed by atoms with Gasteiger partial charge in [-0.1, -0.05) is 30.3 Å². The SMILES string of the molecule is CCOc1cc(/C=N\Nc2nc(Nc3ccccc3)nc(N3CCCC3)n2)ccc1OC(=O)c1ccccc1I. The van der Waals surface area contributed by atoms with Gasteiger partial charge in [0.25, 0.3) is 0 Å². The number of rotatable bonds is 10. The third-order valence-corrected chi connectivity index (χ3v) is 6.93. The second kappa shape index (κ2) is 13.2. The van der Waals surface area contributed by atoms with Crippen molar-refractivity contribution in [1.29, 1.82) is 0 Å². The zero-order valence-corrected chi connectivity index (χ0v) is 24.0. The van der Waals surface area contributed by atoms with Crippen LogP contribution in [0.4, 0.5) is 23.5 Å². The van der Waals surface area contributed by atoms with Gasteiger partial charge in [0.15, 0.2) is 11.5 Å². The summed E-state index contributed by atoms with van der Waals surface area (Å²) in [6, 6.07) is 22.2. The molecule has 40 heavy (non-hydrogen) atoms. The molecule has 1 aliphatic heterocycles. The molecule has 0 spiro atoms. The molecule has 10 nitrogen and oxygen atoms in total. The van der Waals surface area contributed by atoms with Crippen LogP contribution in [0.2, 0.25) is 0 Å². The number of nitrogens with one attached hydrogen (secondary N) is 2. The van der Waals surface area contributed by atoms with E-state index in [4.69, 9.17) is 9.47 Å². The molecule has 0 aliphatic carbocycles. The molecule has 5 rings (SSSR count). The molecule has 0 unspecified atom stereocenters. The Morgan fingerprint density at radius 1 is 0.975 bits per heavy atom. The summed E-state index contributed by atoms with van der Waals surface area (Å²) >= 11 is 2.11. The van der Waals surface area contributed by atoms with Crippen molar-refractivity contribution < 1.29 is 14.3 Å². The maximum absolute atomic E-state index is 12.7. The Bertz CT molecular complexity index is 1490. The minimum atomic E-state index is -0.447. The van der Waals surface area contributed by atoms with Crippen LogP contribution >= 0.6 is 22.6 Å². The number of para-hydroxylation sites is 1. The van der Waals surface area contributed by atoms with E-state index in [0.717, 1.165) is 40.8 Å². The summed E-state index contributed by atoms with van der Waals surface area (Å²) in [5.74, 6) is 1.68. The number of aromatic nitrogens is 3. The van der Waals surface area contributed by atoms with Crippen LogP contribution in [0.1, 0.15) is 35.7 Å². The lowest BCUT2D eigenvalue weighted by atomic mass is 10.2. The number of hydrogen-bond donors (Lipinski definition) is 2. The molecule has 0 amide bonds. The summed E-state index contributed by atoms with van der Waals surface area (Å²) in [6.07, 6.45) is 3.83. The van der Waals surface area contributed by atoms with E-state index in [2.05, 4.69) is 58.3 Å². The molecule has 1 aromatic heterocycles. The fraction of sp³-hybridized carbons (Fsp3) is 0.207. The van der Waals surface area contributed by atoms with Crippen LogP contribution < -0.4 is 25.1 Å². The lowest BCUT2D eigenvalue weighted by Crippen LogP contribution is -2.21. The van der Waals surface area contributed by atoms with Gasteiger partial charge in [0, 0.05) is 22.3 Å². The highest BCUT2D eigenvalue weighted by Crippen LogP contribution is 2.29. The lowest BCUT2D eigenvalue weighted by Gasteiger charge is -2.16. The first kappa shape index (κ1) is 27.3. The van der Waals surface area contributed by atoms with E-state index in [1.54, 1.807) is 36.5 Å². The molecule has 3 aromatic carbocycles. The highest BCUT2D eigenvalue weighted by atomic mass is 127. The van der Waals surface area contributed by atoms with Crippen molar-refractivity contribution >= 4 is 58.3 Å². The molecule has 0 bridgehead atoms. The molecule has 1 aliphatic rings. The molecule has 0 atom stereocenters. The number of benzene rings is 3. The molecule has 11 heteroatoms. The largest absolute Gasteiger partial charge is 0.490 e. The van der Waals surface area contributed by atoms with Crippen LogP contribution in [0.3, 0.4) is 0 Å². The van der Waals surface area contributed by atoms with E-state index in [1.165, 1.54) is 0 Å². The van der Waals surface area contributed by atoms with Crippen molar-refractivity contribution in [2.45, 2.75) is 19.8 Å². The molecule has 204 valence electrons. The number of esters is 1. The van der Waals surface area contributed by atoms with E-state index in [0.29, 0.717) is 41.5 Å². The van der Waals surface area contributed by atoms with Crippen LogP contribution in [-0.4, -0.2) is 46.8 Å². The van der Waals surface area contributed by atoms with Gasteiger partial charge in [-0.3, -0.25) is 0 Å². The Labute approximate surface area is 246 Å². The second-order valence-electron chi connectivity index (χ2n) is 8.85. The number of hydrogen-bond acceptors (Lipinski definition) is 10. The first-order chi connectivity index (χ1) is 19.6. The smallest absolute Gasteiger partial charge is 0.344 e. The predicted molar refractivity (Wildman–Crippen MR) is 164 cm³/mol. The molecule has 1 fully saturated rings. The first-order valence-electron chi connectivity index (χ1n) is 12.9. The molecule has 1 saturated heterocycles. The number of hydrazone groups is 1. The van der Waals surface area contributed by atoms with Gasteiger partial charge in [-0.15, -0.1) is 0 Å². The fourth-order valence-electron chi connectivity index (χ4n) is 4.08. The van der Waals surface area contributed by atoms with E-state index >= 15 is 0 Å². The van der Waals surface area contributed by atoms with E-state index in [1.807, 2.05) is 49.4 Å². The Kier molecular flexibility index (Phi) is 9.01. The molecule has 4 aromatic rings. The topological polar surface area (TPSA) is 114 Å². The lowest BCUT2D eigenvalue weighted by molar-refractivity contribution is 0.0727. The molecule has 2 heterocycles. The standard InChI is InChI=1S/C29H28IN7O3/c1-2-39-25-18-20(14-15-24(25)40-26(38)22-12-6-7-13-23(22)30)19-31-36-28-33-27(32-21-10-4-3-5-11-21)34-29(35-28)37-16-8-9-17-37/h3-7,10-15,18-19H,2,8-9,16-17H2,1H3,(H2,32,33,34,35,36)/b31-19-. The number of carbonyl (C=O) groups excluding carboxylic acids is 1. The van der Waals surface area contributed by atoms with Crippen LogP contribution in [0.5, 0.6) is 11.5 Å². The average molecular weight is 649 g/mol. The summed E-state index contributed by atoms with van der Waals surface area (Å²) < 4.78 is 12.2. The van der Waals surface area contributed by atoms with Crippen molar-refractivity contribution in [3.8, 4) is 11.5 Å². The zero-order valence-electron chi connectivity index (χ0n) is 21.9. The fourth-order valence-corrected chi connectivity index (χ4v) is 4.69. The molecule has 0 saturated carbocycles. The molecular weight excluding hydrogens is 621 g/mol. The maximum atomic E-state index is 12.7. The van der Waals surface area contributed by atoms with E-state index in [9.17, 15) is 4.79 Å². The molecule has 2 N–H and O–H groups in total. The Morgan fingerprint density at radius 3 is 2.50 bits per heavy atom. The zero-order chi connectivity index (χ0) is 27.7. The summed E-state index contributed by atoms with van der Waals surface area (Å²) in [5, 5.41) is 7.58. The van der Waals surface area contributed by atoms with Crippen LogP contribution in [0, 0.1) is 3.57 Å². The minimum Gasteiger partial charge on any atom is -0.490 e. The van der Waals surface area contributed by atoms with Gasteiger partial charge in [0.1, 0.15) is 0 Å². The summed E-state index contributed by atoms with van der Waals surface area (Å²) in [6.45, 7) is 4.08. The van der Waals surface area contributed by atoms with Crippen molar-refractivity contribution in [3.63, 3.8) is 0 Å². The molecular formula is C29H28IN7O3. The van der Waals surface area contributed by atoms with Gasteiger partial charge in [-0.05, 0) is 90.4 Å². The quantitative estimate of drug-likeness (QED) is 0.0715. The van der Waals surface area contributed by atoms with Gasteiger partial charge in [0.05, 0.1) is 18.4 Å². The van der Waals surface area contributed by atoms with Crippen LogP contribution in [0.25, 0.3) is 0 Å². The normalized spacial score (nSPS) is 12.9. The van der Waals surface area contributed by atoms with Crippen LogP contribution in [-0.2, 0) is 0 Å². The number of halogens is 1. The first-order valence-corrected chi connectivity index (χ1v) is 14.0. The Balaban J connectivity index is 1.32. The molecule has 0 radical (unpaired) electrons. The monoisotopic (exact) mass is 649 g/mol. The van der Waals surface area contributed by atoms with Gasteiger partial charge < -0.3 is 19.7 Å². The summed E-state index contributed by atoms with van der Waals surface area (Å²) in [5.41, 5.74) is 5.03. The van der Waals surface area contributed by atoms with Crippen molar-refractivity contribution in [2.75, 3.05) is 35.3 Å². The van der Waals surface area contributed by atoms with Crippen molar-refractivity contribution in [2.24, 2.45) is 5.10 Å². The third-order valence-electron chi connectivity index (χ3n) is 5.98. The highest BCUT2D eigenvalue weighted by molar-refractivity contribution is 14.1. The Morgan fingerprint density at radius 2 is 1.73 bits per heavy atom. The number of carbonyl (C=O) groups is 1. The van der Waals surface area contributed by atoms with Gasteiger partial charge in [-0.2, -0.15) is 20.1 Å². The van der Waals surface area contributed by atoms with Crippen molar-refractivity contribution in [3.05, 3.63) is 87.5 Å². The van der Waals surface area contributed by atoms with Gasteiger partial charge in [-0.25, -0.2) is 10.2 Å². The third kappa shape index (κ3) is 7.03. The highest BCUT2D eigenvalue weighted by Gasteiger charge is 2.18. The average Bonchev–Trinajstić information content (AvgIpc) is 3.51. The van der Waals surface area contributed by atoms with Crippen molar-refractivity contribution in [1.82, 2.24) is 15.0 Å². The van der Waals surface area contributed by atoms with Gasteiger partial charge >= 0.3 is 5.97 Å². The second-order valence-corrected chi connectivity index (χ2v) is 10.0. The van der Waals surface area contributed by atoms with E-state index < -0.39 is 5.97 Å². The summed E-state index contributed by atoms with van der Waals surface area (Å²) in [7, 11) is 0. The predicted octanol–water partition coefficient (Wildman–Crippen LogP) is 5.88. The van der Waals surface area contributed by atoms with Gasteiger partial charge in [0.2, 0.25) is 17.8 Å². The number of nitrogens with zero attached hydrogens (tertiary/aromatic N) is 5. The Hall–Kier alpha value is -4.26. The number of anilines is 4. The minimum absolute atomic E-state index is 0.319. The maximum Gasteiger partial charge on any atom is 0.344 e. The van der Waals surface area contributed by atoms with Crippen LogP contribution in [0.15, 0.2) is 77.9 Å². The summed E-state index contributed by atoms with van der Waals surface area (Å²) in [4.78, 5) is 28.5. The number of ether oxygens (including phenoxy) is 2. The van der Waals surface area contributed by atoms with E-state index in [-0.39, 0.29) is 0 Å².